The molecule has 5 heteroatoms. The molecule has 0 aliphatic heterocycles. The molecule has 0 radical (unpaired) electrons. The molecule has 0 spiro atoms. The normalized spacial score (nSPS) is 11.5. The van der Waals surface area contributed by atoms with Gasteiger partial charge in [0.1, 0.15) is 0 Å². The number of amides is 1. The van der Waals surface area contributed by atoms with Crippen molar-refractivity contribution in [2.24, 2.45) is 0 Å². The zero-order valence-corrected chi connectivity index (χ0v) is 11.7. The van der Waals surface area contributed by atoms with E-state index in [-0.39, 0.29) is 11.9 Å². The fourth-order valence-electron chi connectivity index (χ4n) is 1.64. The first-order chi connectivity index (χ1) is 9.11. The molecule has 1 aromatic heterocycles. The van der Waals surface area contributed by atoms with Crippen molar-refractivity contribution in [2.45, 2.75) is 32.7 Å². The predicted molar refractivity (Wildman–Crippen MR) is 74.8 cm³/mol. The number of nitrogens with one attached hydrogen (secondary N) is 1. The maximum atomic E-state index is 12.4. The Kier molecular flexibility index (Phi) is 5.80. The standard InChI is InChI=1S/C14H20N4O/c1-4-8-17-13-10-16-9-6-12(13)14(19)18(3)11(2)5-7-15/h6,9-11,17H,4-5,8H2,1-3H3. The third-order valence-electron chi connectivity index (χ3n) is 2.99. The third kappa shape index (κ3) is 3.95. The predicted octanol–water partition coefficient (Wildman–Crippen LogP) is 2.28. The third-order valence-corrected chi connectivity index (χ3v) is 2.99. The van der Waals surface area contributed by atoms with Gasteiger partial charge >= 0.3 is 0 Å². The molecule has 0 fully saturated rings. The molecule has 1 aromatic rings. The van der Waals surface area contributed by atoms with Crippen LogP contribution in [0.4, 0.5) is 5.69 Å². The molecule has 0 aromatic carbocycles. The van der Waals surface area contributed by atoms with Crippen LogP contribution in [0, 0.1) is 11.3 Å². The van der Waals surface area contributed by atoms with Gasteiger partial charge in [-0.2, -0.15) is 5.26 Å². The fourth-order valence-corrected chi connectivity index (χ4v) is 1.64. The highest BCUT2D eigenvalue weighted by atomic mass is 16.2. The van der Waals surface area contributed by atoms with E-state index < -0.39 is 0 Å². The Hall–Kier alpha value is -2.09. The number of hydrogen-bond acceptors (Lipinski definition) is 4. The van der Waals surface area contributed by atoms with E-state index in [0.29, 0.717) is 12.0 Å². The van der Waals surface area contributed by atoms with Crippen LogP contribution in [0.1, 0.15) is 37.0 Å². The van der Waals surface area contributed by atoms with Crippen molar-refractivity contribution in [3.63, 3.8) is 0 Å². The van der Waals surface area contributed by atoms with Crippen LogP contribution in [0.2, 0.25) is 0 Å². The number of carbonyl (C=O) groups is 1. The number of pyridine rings is 1. The average molecular weight is 260 g/mol. The van der Waals surface area contributed by atoms with Crippen LogP contribution < -0.4 is 5.32 Å². The van der Waals surface area contributed by atoms with Gasteiger partial charge in [-0.05, 0) is 19.4 Å². The zero-order chi connectivity index (χ0) is 14.3. The molecular weight excluding hydrogens is 240 g/mol. The molecule has 1 rings (SSSR count). The van der Waals surface area contributed by atoms with Crippen LogP contribution in [0.3, 0.4) is 0 Å². The van der Waals surface area contributed by atoms with Gasteiger partial charge in [0.25, 0.3) is 5.91 Å². The van der Waals surface area contributed by atoms with Crippen LogP contribution >= 0.6 is 0 Å². The summed E-state index contributed by atoms with van der Waals surface area (Å²) in [5, 5.41) is 11.9. The number of carbonyl (C=O) groups excluding carboxylic acids is 1. The van der Waals surface area contributed by atoms with Gasteiger partial charge < -0.3 is 10.2 Å². The van der Waals surface area contributed by atoms with E-state index in [2.05, 4.69) is 23.3 Å². The Morgan fingerprint density at radius 1 is 1.63 bits per heavy atom. The van der Waals surface area contributed by atoms with Crippen molar-refractivity contribution >= 4 is 11.6 Å². The second-order valence-electron chi connectivity index (χ2n) is 4.48. The van der Waals surface area contributed by atoms with Crippen LogP contribution in [0.5, 0.6) is 0 Å². The van der Waals surface area contributed by atoms with E-state index in [1.807, 2.05) is 6.92 Å². The van der Waals surface area contributed by atoms with Gasteiger partial charge in [-0.15, -0.1) is 0 Å². The molecule has 0 aliphatic rings. The lowest BCUT2D eigenvalue weighted by molar-refractivity contribution is 0.0747. The molecule has 5 nitrogen and oxygen atoms in total. The molecule has 1 heterocycles. The highest BCUT2D eigenvalue weighted by molar-refractivity contribution is 5.99. The lowest BCUT2D eigenvalue weighted by Gasteiger charge is -2.24. The Labute approximate surface area is 114 Å². The Bertz CT molecular complexity index is 467. The second kappa shape index (κ2) is 7.37. The SMILES string of the molecule is CCCNc1cnccc1C(=O)N(C)C(C)CC#N. The smallest absolute Gasteiger partial charge is 0.256 e. The minimum absolute atomic E-state index is 0.0937. The zero-order valence-electron chi connectivity index (χ0n) is 11.7. The van der Waals surface area contributed by atoms with E-state index in [0.717, 1.165) is 18.7 Å². The van der Waals surface area contributed by atoms with E-state index >= 15 is 0 Å². The number of anilines is 1. The number of nitriles is 1. The summed E-state index contributed by atoms with van der Waals surface area (Å²) in [4.78, 5) is 18.0. The molecule has 0 aliphatic carbocycles. The quantitative estimate of drug-likeness (QED) is 0.852. The van der Waals surface area contributed by atoms with E-state index in [4.69, 9.17) is 5.26 Å². The first-order valence-electron chi connectivity index (χ1n) is 6.43. The average Bonchev–Trinajstić information content (AvgIpc) is 2.44. The molecule has 102 valence electrons. The highest BCUT2D eigenvalue weighted by Gasteiger charge is 2.19. The van der Waals surface area contributed by atoms with Gasteiger partial charge in [-0.1, -0.05) is 6.92 Å². The van der Waals surface area contributed by atoms with Crippen LogP contribution in [0.25, 0.3) is 0 Å². The first-order valence-corrected chi connectivity index (χ1v) is 6.43. The fraction of sp³-hybridized carbons (Fsp3) is 0.500. The Morgan fingerprint density at radius 2 is 2.37 bits per heavy atom. The second-order valence-corrected chi connectivity index (χ2v) is 4.48. The molecule has 0 saturated heterocycles. The Morgan fingerprint density at radius 3 is 3.00 bits per heavy atom. The number of aromatic nitrogens is 1. The number of hydrogen-bond donors (Lipinski definition) is 1. The van der Waals surface area contributed by atoms with Gasteiger partial charge in [0, 0.05) is 25.8 Å². The summed E-state index contributed by atoms with van der Waals surface area (Å²) in [7, 11) is 1.72. The molecule has 0 saturated carbocycles. The van der Waals surface area contributed by atoms with E-state index in [1.54, 1.807) is 30.4 Å². The Balaban J connectivity index is 2.90. The molecule has 1 N–H and O–H groups in total. The molecule has 1 amide bonds. The van der Waals surface area contributed by atoms with Crippen molar-refractivity contribution in [1.82, 2.24) is 9.88 Å². The van der Waals surface area contributed by atoms with Gasteiger partial charge in [0.2, 0.25) is 0 Å². The summed E-state index contributed by atoms with van der Waals surface area (Å²) in [5.41, 5.74) is 1.33. The van der Waals surface area contributed by atoms with Crippen molar-refractivity contribution in [2.75, 3.05) is 18.9 Å². The van der Waals surface area contributed by atoms with Gasteiger partial charge in [-0.25, -0.2) is 0 Å². The van der Waals surface area contributed by atoms with Gasteiger partial charge in [-0.3, -0.25) is 9.78 Å². The van der Waals surface area contributed by atoms with E-state index in [1.165, 1.54) is 0 Å². The summed E-state index contributed by atoms with van der Waals surface area (Å²) in [5.74, 6) is -0.0937. The van der Waals surface area contributed by atoms with Gasteiger partial charge in [0.15, 0.2) is 0 Å². The molecule has 0 bridgehead atoms. The number of rotatable bonds is 6. The highest BCUT2D eigenvalue weighted by Crippen LogP contribution is 2.17. The van der Waals surface area contributed by atoms with Crippen LogP contribution in [0.15, 0.2) is 18.5 Å². The minimum atomic E-state index is -0.107. The molecule has 1 unspecified atom stereocenters. The van der Waals surface area contributed by atoms with Crippen molar-refractivity contribution in [3.05, 3.63) is 24.0 Å². The number of nitrogens with zero attached hydrogens (tertiary/aromatic N) is 3. The van der Waals surface area contributed by atoms with Crippen LogP contribution in [-0.2, 0) is 0 Å². The molecule has 19 heavy (non-hydrogen) atoms. The maximum Gasteiger partial charge on any atom is 0.256 e. The van der Waals surface area contributed by atoms with Crippen molar-refractivity contribution < 1.29 is 4.79 Å². The summed E-state index contributed by atoms with van der Waals surface area (Å²) in [6, 6.07) is 3.68. The summed E-state index contributed by atoms with van der Waals surface area (Å²) in [6.45, 7) is 4.72. The van der Waals surface area contributed by atoms with Crippen LogP contribution in [-0.4, -0.2) is 35.4 Å². The van der Waals surface area contributed by atoms with E-state index in [9.17, 15) is 4.79 Å². The topological polar surface area (TPSA) is 69.0 Å². The maximum absolute atomic E-state index is 12.4. The lowest BCUT2D eigenvalue weighted by Crippen LogP contribution is -2.35. The van der Waals surface area contributed by atoms with Crippen molar-refractivity contribution in [3.8, 4) is 6.07 Å². The summed E-state index contributed by atoms with van der Waals surface area (Å²) < 4.78 is 0. The van der Waals surface area contributed by atoms with Crippen molar-refractivity contribution in [1.29, 1.82) is 5.26 Å². The molecule has 1 atom stereocenters. The lowest BCUT2D eigenvalue weighted by atomic mass is 10.1. The van der Waals surface area contributed by atoms with Gasteiger partial charge in [0.05, 0.1) is 29.9 Å². The summed E-state index contributed by atoms with van der Waals surface area (Å²) >= 11 is 0. The molecular formula is C14H20N4O. The monoisotopic (exact) mass is 260 g/mol. The minimum Gasteiger partial charge on any atom is -0.383 e. The largest absolute Gasteiger partial charge is 0.383 e. The summed E-state index contributed by atoms with van der Waals surface area (Å²) in [6.07, 6.45) is 4.56. The first kappa shape index (κ1) is 15.0.